The Morgan fingerprint density at radius 1 is 0.735 bits per heavy atom. The van der Waals surface area contributed by atoms with Crippen molar-refractivity contribution in [2.45, 2.75) is 17.7 Å². The van der Waals surface area contributed by atoms with E-state index in [1.54, 1.807) is 0 Å². The first kappa shape index (κ1) is 19.3. The van der Waals surface area contributed by atoms with Gasteiger partial charge in [0.1, 0.15) is 0 Å². The quantitative estimate of drug-likeness (QED) is 0.413. The maximum absolute atomic E-state index is 13.8. The molecule has 3 heterocycles. The van der Waals surface area contributed by atoms with E-state index in [9.17, 15) is 4.79 Å². The van der Waals surface area contributed by atoms with Crippen molar-refractivity contribution in [1.82, 2.24) is 0 Å². The van der Waals surface area contributed by atoms with Crippen LogP contribution in [0.2, 0.25) is 0 Å². The van der Waals surface area contributed by atoms with E-state index in [0.717, 1.165) is 39.3 Å². The Balaban J connectivity index is 1.55. The summed E-state index contributed by atoms with van der Waals surface area (Å²) in [6, 6.07) is 34.6. The van der Waals surface area contributed by atoms with E-state index in [2.05, 4.69) is 58.8 Å². The number of rotatable bonds is 2. The van der Waals surface area contributed by atoms with Gasteiger partial charge in [0.05, 0.1) is 11.4 Å². The Labute approximate surface area is 198 Å². The summed E-state index contributed by atoms with van der Waals surface area (Å²) in [5.74, 6) is -0.152. The number of anilines is 3. The van der Waals surface area contributed by atoms with Crippen molar-refractivity contribution in [3.63, 3.8) is 0 Å². The van der Waals surface area contributed by atoms with Gasteiger partial charge in [0.2, 0.25) is 5.60 Å². The lowest BCUT2D eigenvalue weighted by Gasteiger charge is -2.54. The van der Waals surface area contributed by atoms with Gasteiger partial charge in [0.15, 0.2) is 5.72 Å². The van der Waals surface area contributed by atoms with Crippen molar-refractivity contribution in [1.29, 1.82) is 0 Å². The predicted molar refractivity (Wildman–Crippen MR) is 134 cm³/mol. The van der Waals surface area contributed by atoms with Crippen molar-refractivity contribution in [2.24, 2.45) is 0 Å². The van der Waals surface area contributed by atoms with Crippen LogP contribution in [0.5, 0.6) is 0 Å². The van der Waals surface area contributed by atoms with Gasteiger partial charge in [-0.1, -0.05) is 91.0 Å². The summed E-state index contributed by atoms with van der Waals surface area (Å²) in [6.45, 7) is 0. The molecule has 3 aliphatic rings. The first-order valence-corrected chi connectivity index (χ1v) is 11.5. The minimum Gasteiger partial charge on any atom is -0.325 e. The van der Waals surface area contributed by atoms with Crippen LogP contribution in [-0.4, -0.2) is 11.6 Å². The molecule has 0 fully saturated rings. The Kier molecular flexibility index (Phi) is 3.94. The number of ether oxygens (including phenoxy) is 1. The molecule has 0 saturated carbocycles. The van der Waals surface area contributed by atoms with Gasteiger partial charge < -0.3 is 15.0 Å². The van der Waals surface area contributed by atoms with Crippen molar-refractivity contribution in [2.75, 3.05) is 10.2 Å². The second-order valence-corrected chi connectivity index (χ2v) is 9.03. The average Bonchev–Trinajstić information content (AvgIpc) is 3.16. The summed E-state index contributed by atoms with van der Waals surface area (Å²) in [6.07, 6.45) is 4.83. The van der Waals surface area contributed by atoms with Crippen molar-refractivity contribution in [3.8, 4) is 0 Å². The smallest absolute Gasteiger partial charge is 0.266 e. The number of carbonyl (C=O) groups excluding carboxylic acids is 1. The molecule has 4 aromatic carbocycles. The van der Waals surface area contributed by atoms with Crippen LogP contribution in [0.1, 0.15) is 22.3 Å². The molecule has 0 aliphatic carbocycles. The fourth-order valence-electron chi connectivity index (χ4n) is 5.69. The third-order valence-corrected chi connectivity index (χ3v) is 7.11. The maximum Gasteiger partial charge on any atom is 0.266 e. The van der Waals surface area contributed by atoms with Crippen LogP contribution < -0.4 is 10.2 Å². The van der Waals surface area contributed by atoms with Gasteiger partial charge in [-0.15, -0.1) is 0 Å². The summed E-state index contributed by atoms with van der Waals surface area (Å²) in [5, 5.41) is 3.09. The molecule has 34 heavy (non-hydrogen) atoms. The van der Waals surface area contributed by atoms with Crippen LogP contribution in [0.4, 0.5) is 17.1 Å². The second kappa shape index (κ2) is 6.92. The van der Waals surface area contributed by atoms with Crippen LogP contribution in [0.15, 0.2) is 109 Å². The van der Waals surface area contributed by atoms with Crippen molar-refractivity contribution in [3.05, 3.63) is 131 Å². The molecular formula is C30H22N2O2. The molecule has 1 spiro atoms. The molecule has 1 amide bonds. The van der Waals surface area contributed by atoms with Gasteiger partial charge in [-0.3, -0.25) is 4.79 Å². The normalized spacial score (nSPS) is 23.6. The molecule has 0 saturated heterocycles. The number of fused-ring (bicyclic) bond motifs is 8. The molecule has 1 unspecified atom stereocenters. The molecular weight excluding hydrogens is 420 g/mol. The molecule has 2 atom stereocenters. The third kappa shape index (κ3) is 2.49. The monoisotopic (exact) mass is 442 g/mol. The van der Waals surface area contributed by atoms with Gasteiger partial charge in [-0.05, 0) is 35.4 Å². The molecule has 4 nitrogen and oxygen atoms in total. The highest BCUT2D eigenvalue weighted by molar-refractivity contribution is 6.09. The van der Waals surface area contributed by atoms with Gasteiger partial charge in [-0.2, -0.15) is 0 Å². The Morgan fingerprint density at radius 3 is 2.26 bits per heavy atom. The standard InChI is InChI=1S/C30H22N2O2/c33-28-30(23-13-5-7-15-25(23)31-28)24-14-6-9-17-27(24)32-26-16-8-4-12-22(26)18-19-29(32,34-30)20-21-10-2-1-3-11-21/h1-19H,20H2,(H,31,33)/t29-,30?/m0/s1. The van der Waals surface area contributed by atoms with Gasteiger partial charge >= 0.3 is 0 Å². The molecule has 7 rings (SSSR count). The van der Waals surface area contributed by atoms with E-state index in [1.807, 2.05) is 66.7 Å². The summed E-state index contributed by atoms with van der Waals surface area (Å²) < 4.78 is 7.18. The summed E-state index contributed by atoms with van der Waals surface area (Å²) >= 11 is 0. The van der Waals surface area contributed by atoms with Gasteiger partial charge in [-0.25, -0.2) is 0 Å². The first-order valence-electron chi connectivity index (χ1n) is 11.5. The highest BCUT2D eigenvalue weighted by atomic mass is 16.6. The van der Waals surface area contributed by atoms with Crippen LogP contribution >= 0.6 is 0 Å². The van der Waals surface area contributed by atoms with E-state index < -0.39 is 11.3 Å². The summed E-state index contributed by atoms with van der Waals surface area (Å²) in [7, 11) is 0. The largest absolute Gasteiger partial charge is 0.325 e. The summed E-state index contributed by atoms with van der Waals surface area (Å²) in [5.41, 5.74) is 4.68. The number of para-hydroxylation sites is 3. The molecule has 0 aromatic heterocycles. The highest BCUT2D eigenvalue weighted by Gasteiger charge is 2.60. The average molecular weight is 443 g/mol. The SMILES string of the molecule is O=C1Nc2ccccc2C12O[C@]1(Cc3ccccc3)C=Cc3ccccc3N1c1ccccc12. The van der Waals surface area contributed by atoms with Crippen LogP contribution in [0.25, 0.3) is 6.08 Å². The zero-order valence-electron chi connectivity index (χ0n) is 18.4. The Hall–Kier alpha value is -4.15. The van der Waals surface area contributed by atoms with E-state index in [4.69, 9.17) is 4.74 Å². The number of benzene rings is 4. The topological polar surface area (TPSA) is 41.6 Å². The van der Waals surface area contributed by atoms with E-state index in [-0.39, 0.29) is 5.91 Å². The van der Waals surface area contributed by atoms with E-state index in [1.165, 1.54) is 0 Å². The Morgan fingerprint density at radius 2 is 1.41 bits per heavy atom. The number of hydrogen-bond acceptors (Lipinski definition) is 3. The number of hydrogen-bond donors (Lipinski definition) is 1. The zero-order valence-corrected chi connectivity index (χ0v) is 18.4. The maximum atomic E-state index is 13.8. The molecule has 3 aliphatic heterocycles. The molecule has 0 radical (unpaired) electrons. The number of carbonyl (C=O) groups is 1. The van der Waals surface area contributed by atoms with Crippen LogP contribution in [-0.2, 0) is 21.6 Å². The minimum absolute atomic E-state index is 0.152. The fourth-order valence-corrected chi connectivity index (χ4v) is 5.69. The number of nitrogens with zero attached hydrogens (tertiary/aromatic N) is 1. The first-order chi connectivity index (χ1) is 16.7. The lowest BCUT2D eigenvalue weighted by molar-refractivity contribution is -0.155. The number of nitrogens with one attached hydrogen (secondary N) is 1. The third-order valence-electron chi connectivity index (χ3n) is 7.11. The van der Waals surface area contributed by atoms with Gasteiger partial charge in [0.25, 0.3) is 5.91 Å². The Bertz CT molecular complexity index is 1480. The van der Waals surface area contributed by atoms with E-state index >= 15 is 0 Å². The predicted octanol–water partition coefficient (Wildman–Crippen LogP) is 6.02. The second-order valence-electron chi connectivity index (χ2n) is 9.03. The molecule has 4 aromatic rings. The fraction of sp³-hybridized carbons (Fsp3) is 0.100. The van der Waals surface area contributed by atoms with E-state index in [0.29, 0.717) is 6.42 Å². The highest BCUT2D eigenvalue weighted by Crippen LogP contribution is 2.57. The van der Waals surface area contributed by atoms with Crippen LogP contribution in [0.3, 0.4) is 0 Å². The molecule has 164 valence electrons. The molecule has 4 heteroatoms. The lowest BCUT2D eigenvalue weighted by atomic mass is 9.80. The van der Waals surface area contributed by atoms with Crippen molar-refractivity contribution < 1.29 is 9.53 Å². The zero-order chi connectivity index (χ0) is 22.8. The van der Waals surface area contributed by atoms with Gasteiger partial charge in [0, 0.05) is 23.2 Å². The van der Waals surface area contributed by atoms with Crippen LogP contribution in [0, 0.1) is 0 Å². The lowest BCUT2D eigenvalue weighted by Crippen LogP contribution is -2.60. The summed E-state index contributed by atoms with van der Waals surface area (Å²) in [4.78, 5) is 16.1. The molecule has 0 bridgehead atoms. The number of amides is 1. The van der Waals surface area contributed by atoms with Crippen molar-refractivity contribution >= 4 is 29.0 Å². The minimum atomic E-state index is -1.24. The molecule has 1 N–H and O–H groups in total.